The lowest BCUT2D eigenvalue weighted by Gasteiger charge is -2.21. The molecule has 5 heteroatoms. The van der Waals surface area contributed by atoms with Crippen molar-refractivity contribution in [3.63, 3.8) is 0 Å². The normalized spacial score (nSPS) is 13.3. The maximum absolute atomic E-state index is 13.6. The van der Waals surface area contributed by atoms with E-state index in [1.165, 1.54) is 0 Å². The molecular formula is C12H13F3O2. The van der Waals surface area contributed by atoms with Gasteiger partial charge in [0, 0.05) is 11.6 Å². The molecule has 17 heavy (non-hydrogen) atoms. The van der Waals surface area contributed by atoms with Crippen LogP contribution in [0.2, 0.25) is 0 Å². The van der Waals surface area contributed by atoms with E-state index >= 15 is 0 Å². The van der Waals surface area contributed by atoms with Crippen LogP contribution >= 0.6 is 0 Å². The number of hydrogen-bond donors (Lipinski definition) is 0. The van der Waals surface area contributed by atoms with Gasteiger partial charge in [-0.3, -0.25) is 0 Å². The third-order valence-electron chi connectivity index (χ3n) is 1.79. The lowest BCUT2D eigenvalue weighted by atomic mass is 10.1. The van der Waals surface area contributed by atoms with Crippen LogP contribution in [0, 0.1) is 11.6 Å². The predicted octanol–water partition coefficient (Wildman–Crippen LogP) is 3.32. The van der Waals surface area contributed by atoms with Crippen LogP contribution in [0.25, 0.3) is 0 Å². The van der Waals surface area contributed by atoms with Crippen molar-refractivity contribution in [1.29, 1.82) is 0 Å². The third-order valence-corrected chi connectivity index (χ3v) is 1.79. The van der Waals surface area contributed by atoms with Crippen LogP contribution in [0.15, 0.2) is 18.2 Å². The van der Waals surface area contributed by atoms with E-state index < -0.39 is 34.9 Å². The Balaban J connectivity index is 2.89. The molecule has 0 saturated heterocycles. The van der Waals surface area contributed by atoms with Crippen LogP contribution in [0.5, 0.6) is 0 Å². The molecule has 1 aromatic carbocycles. The Labute approximate surface area is 97.4 Å². The van der Waals surface area contributed by atoms with Crippen LogP contribution in [0.4, 0.5) is 13.2 Å². The molecule has 1 rings (SSSR count). The Kier molecular flexibility index (Phi) is 3.80. The van der Waals surface area contributed by atoms with Crippen molar-refractivity contribution in [3.8, 4) is 0 Å². The minimum Gasteiger partial charge on any atom is -0.458 e. The second-order valence-corrected chi connectivity index (χ2v) is 4.60. The number of alkyl halides is 1. The third kappa shape index (κ3) is 4.09. The van der Waals surface area contributed by atoms with Gasteiger partial charge in [0.1, 0.15) is 17.2 Å². The number of carbonyl (C=O) groups is 1. The maximum atomic E-state index is 13.6. The van der Waals surface area contributed by atoms with Crippen LogP contribution < -0.4 is 0 Å². The van der Waals surface area contributed by atoms with Gasteiger partial charge < -0.3 is 4.74 Å². The first-order chi connectivity index (χ1) is 7.69. The van der Waals surface area contributed by atoms with Crippen LogP contribution in [-0.4, -0.2) is 11.6 Å². The molecule has 0 aliphatic carbocycles. The van der Waals surface area contributed by atoms with E-state index in [1.54, 1.807) is 20.8 Å². The predicted molar refractivity (Wildman–Crippen MR) is 56.1 cm³/mol. The fourth-order valence-electron chi connectivity index (χ4n) is 1.21. The second-order valence-electron chi connectivity index (χ2n) is 4.60. The van der Waals surface area contributed by atoms with Gasteiger partial charge in [-0.05, 0) is 32.9 Å². The largest absolute Gasteiger partial charge is 0.458 e. The van der Waals surface area contributed by atoms with Gasteiger partial charge in [-0.1, -0.05) is 0 Å². The molecule has 0 N–H and O–H groups in total. The second kappa shape index (κ2) is 4.77. The van der Waals surface area contributed by atoms with Gasteiger partial charge in [0.15, 0.2) is 0 Å². The molecular weight excluding hydrogens is 233 g/mol. The first-order valence-corrected chi connectivity index (χ1v) is 5.02. The van der Waals surface area contributed by atoms with Gasteiger partial charge in [0.2, 0.25) is 6.17 Å². The summed E-state index contributed by atoms with van der Waals surface area (Å²) in [6.07, 6.45) is -2.19. The van der Waals surface area contributed by atoms with Gasteiger partial charge in [0.25, 0.3) is 0 Å². The highest BCUT2D eigenvalue weighted by Gasteiger charge is 2.27. The summed E-state index contributed by atoms with van der Waals surface area (Å²) < 4.78 is 44.0. The molecule has 0 fully saturated rings. The summed E-state index contributed by atoms with van der Waals surface area (Å²) >= 11 is 0. The van der Waals surface area contributed by atoms with Crippen molar-refractivity contribution < 1.29 is 22.7 Å². The molecule has 2 nitrogen and oxygen atoms in total. The Bertz CT molecular complexity index is 404. The van der Waals surface area contributed by atoms with Gasteiger partial charge >= 0.3 is 5.97 Å². The minimum atomic E-state index is -2.19. The molecule has 0 aromatic heterocycles. The molecule has 1 atom stereocenters. The van der Waals surface area contributed by atoms with Crippen molar-refractivity contribution in [2.45, 2.75) is 32.5 Å². The highest BCUT2D eigenvalue weighted by atomic mass is 19.1. The van der Waals surface area contributed by atoms with Crippen molar-refractivity contribution in [2.75, 3.05) is 0 Å². The number of esters is 1. The lowest BCUT2D eigenvalue weighted by Crippen LogP contribution is -2.26. The SMILES string of the molecule is CC(C)(C)OC(=O)C(F)c1cc(F)cc(F)c1. The van der Waals surface area contributed by atoms with Gasteiger partial charge in [0.05, 0.1) is 0 Å². The molecule has 0 bridgehead atoms. The van der Waals surface area contributed by atoms with Gasteiger partial charge in [-0.2, -0.15) is 0 Å². The number of carbonyl (C=O) groups excluding carboxylic acids is 1. The van der Waals surface area contributed by atoms with Gasteiger partial charge in [-0.25, -0.2) is 18.0 Å². The molecule has 1 unspecified atom stereocenters. The molecule has 0 heterocycles. The number of rotatable bonds is 2. The van der Waals surface area contributed by atoms with Crippen LogP contribution in [0.1, 0.15) is 32.5 Å². The fourth-order valence-corrected chi connectivity index (χ4v) is 1.21. The Morgan fingerprint density at radius 2 is 1.65 bits per heavy atom. The number of halogens is 3. The Hall–Kier alpha value is -1.52. The van der Waals surface area contributed by atoms with E-state index in [-0.39, 0.29) is 0 Å². The van der Waals surface area contributed by atoms with Crippen LogP contribution in [0.3, 0.4) is 0 Å². The minimum absolute atomic E-state index is 0.392. The number of ether oxygens (including phenoxy) is 1. The standard InChI is InChI=1S/C12H13F3O2/c1-12(2,3)17-11(16)10(15)7-4-8(13)6-9(14)5-7/h4-6,10H,1-3H3. The molecule has 0 saturated carbocycles. The Morgan fingerprint density at radius 1 is 1.18 bits per heavy atom. The monoisotopic (exact) mass is 246 g/mol. The number of hydrogen-bond acceptors (Lipinski definition) is 2. The molecule has 0 radical (unpaired) electrons. The summed E-state index contributed by atoms with van der Waals surface area (Å²) in [6.45, 7) is 4.72. The quantitative estimate of drug-likeness (QED) is 0.748. The summed E-state index contributed by atoms with van der Waals surface area (Å²) in [6, 6.07) is 2.13. The van der Waals surface area contributed by atoms with E-state index in [9.17, 15) is 18.0 Å². The molecule has 0 spiro atoms. The van der Waals surface area contributed by atoms with E-state index in [2.05, 4.69) is 0 Å². The first-order valence-electron chi connectivity index (χ1n) is 5.02. The van der Waals surface area contributed by atoms with E-state index in [4.69, 9.17) is 4.74 Å². The summed E-state index contributed by atoms with van der Waals surface area (Å²) in [5.74, 6) is -3.04. The number of benzene rings is 1. The molecule has 0 amide bonds. The van der Waals surface area contributed by atoms with Crippen molar-refractivity contribution in [2.24, 2.45) is 0 Å². The lowest BCUT2D eigenvalue weighted by molar-refractivity contribution is -0.161. The molecule has 0 aliphatic heterocycles. The average Bonchev–Trinajstić information content (AvgIpc) is 2.12. The van der Waals surface area contributed by atoms with Crippen LogP contribution in [-0.2, 0) is 9.53 Å². The smallest absolute Gasteiger partial charge is 0.345 e. The zero-order valence-corrected chi connectivity index (χ0v) is 9.76. The fraction of sp³-hybridized carbons (Fsp3) is 0.417. The zero-order valence-electron chi connectivity index (χ0n) is 9.76. The summed E-state index contributed by atoms with van der Waals surface area (Å²) in [5.41, 5.74) is -1.25. The summed E-state index contributed by atoms with van der Waals surface area (Å²) in [7, 11) is 0. The van der Waals surface area contributed by atoms with Gasteiger partial charge in [-0.15, -0.1) is 0 Å². The zero-order chi connectivity index (χ0) is 13.2. The van der Waals surface area contributed by atoms with E-state index in [0.717, 1.165) is 12.1 Å². The maximum Gasteiger partial charge on any atom is 0.345 e. The first kappa shape index (κ1) is 13.5. The highest BCUT2D eigenvalue weighted by Crippen LogP contribution is 2.23. The topological polar surface area (TPSA) is 26.3 Å². The summed E-state index contributed by atoms with van der Waals surface area (Å²) in [4.78, 5) is 11.3. The molecule has 1 aromatic rings. The van der Waals surface area contributed by atoms with Crippen molar-refractivity contribution in [1.82, 2.24) is 0 Å². The van der Waals surface area contributed by atoms with E-state index in [0.29, 0.717) is 6.07 Å². The van der Waals surface area contributed by atoms with E-state index in [1.807, 2.05) is 0 Å². The average molecular weight is 246 g/mol. The molecule has 0 aliphatic rings. The Morgan fingerprint density at radius 3 is 2.06 bits per heavy atom. The molecule has 94 valence electrons. The van der Waals surface area contributed by atoms with Crippen molar-refractivity contribution >= 4 is 5.97 Å². The summed E-state index contributed by atoms with van der Waals surface area (Å²) in [5, 5.41) is 0. The van der Waals surface area contributed by atoms with Crippen molar-refractivity contribution in [3.05, 3.63) is 35.4 Å². The highest BCUT2D eigenvalue weighted by molar-refractivity contribution is 5.76.